The fourth-order valence-corrected chi connectivity index (χ4v) is 5.73. The van der Waals surface area contributed by atoms with E-state index in [2.05, 4.69) is 24.3 Å². The van der Waals surface area contributed by atoms with E-state index >= 15 is 0 Å². The van der Waals surface area contributed by atoms with Crippen molar-refractivity contribution < 1.29 is 29.9 Å². The summed E-state index contributed by atoms with van der Waals surface area (Å²) in [7, 11) is 0. The van der Waals surface area contributed by atoms with Gasteiger partial charge >= 0.3 is 0 Å². The van der Waals surface area contributed by atoms with Crippen molar-refractivity contribution in [1.29, 1.82) is 0 Å². The highest BCUT2D eigenvalue weighted by Gasteiger charge is 2.47. The smallest absolute Gasteiger partial charge is 0.119 e. The SMILES string of the molecule is CCOc1ccc(Cc2cccc3c2SC([C@@H]2O[C@H](CO)[C@@H](O)[C@H](O)[C@H]2O)C3)cc1. The number of rotatable bonds is 6. The van der Waals surface area contributed by atoms with E-state index in [0.717, 1.165) is 12.2 Å². The van der Waals surface area contributed by atoms with Gasteiger partial charge in [-0.3, -0.25) is 0 Å². The quantitative estimate of drug-likeness (QED) is 0.549. The van der Waals surface area contributed by atoms with Crippen molar-refractivity contribution in [3.05, 3.63) is 59.2 Å². The lowest BCUT2D eigenvalue weighted by Crippen LogP contribution is -2.60. The molecule has 0 spiro atoms. The van der Waals surface area contributed by atoms with Crippen molar-refractivity contribution in [2.75, 3.05) is 13.2 Å². The second kappa shape index (κ2) is 9.26. The predicted molar refractivity (Wildman–Crippen MR) is 114 cm³/mol. The highest BCUT2D eigenvalue weighted by molar-refractivity contribution is 8.00. The minimum atomic E-state index is -1.34. The summed E-state index contributed by atoms with van der Waals surface area (Å²) in [5.41, 5.74) is 3.57. The highest BCUT2D eigenvalue weighted by atomic mass is 32.2. The molecule has 4 rings (SSSR count). The maximum absolute atomic E-state index is 10.5. The van der Waals surface area contributed by atoms with E-state index in [1.165, 1.54) is 21.6 Å². The number of hydrogen-bond acceptors (Lipinski definition) is 7. The van der Waals surface area contributed by atoms with Crippen LogP contribution in [0.5, 0.6) is 5.75 Å². The number of aliphatic hydroxyl groups is 4. The molecule has 2 heterocycles. The molecule has 6 nitrogen and oxygen atoms in total. The van der Waals surface area contributed by atoms with Gasteiger partial charge in [-0.25, -0.2) is 0 Å². The highest BCUT2D eigenvalue weighted by Crippen LogP contribution is 2.44. The van der Waals surface area contributed by atoms with Crippen molar-refractivity contribution in [3.63, 3.8) is 0 Å². The number of fused-ring (bicyclic) bond motifs is 1. The van der Waals surface area contributed by atoms with Crippen molar-refractivity contribution >= 4 is 11.8 Å². The summed E-state index contributed by atoms with van der Waals surface area (Å²) in [6, 6.07) is 14.3. The lowest BCUT2D eigenvalue weighted by molar-refractivity contribution is -0.228. The first kappa shape index (κ1) is 21.6. The normalized spacial score (nSPS) is 30.8. The molecule has 0 aliphatic carbocycles. The van der Waals surface area contributed by atoms with Crippen molar-refractivity contribution in [3.8, 4) is 5.75 Å². The Morgan fingerprint density at radius 3 is 2.50 bits per heavy atom. The molecular weight excluding hydrogens is 404 g/mol. The average molecular weight is 433 g/mol. The average Bonchev–Trinajstić information content (AvgIpc) is 3.19. The Morgan fingerprint density at radius 1 is 1.03 bits per heavy atom. The summed E-state index contributed by atoms with van der Waals surface area (Å²) < 4.78 is 11.3. The number of ether oxygens (including phenoxy) is 2. The third-order valence-electron chi connectivity index (χ3n) is 5.79. The van der Waals surface area contributed by atoms with E-state index in [9.17, 15) is 20.4 Å². The molecule has 6 atom stereocenters. The van der Waals surface area contributed by atoms with Crippen LogP contribution in [0, 0.1) is 0 Å². The summed E-state index contributed by atoms with van der Waals surface area (Å²) in [4.78, 5) is 1.17. The second-order valence-corrected chi connectivity index (χ2v) is 9.06. The van der Waals surface area contributed by atoms with Crippen molar-refractivity contribution in [2.24, 2.45) is 0 Å². The molecule has 2 aliphatic heterocycles. The monoisotopic (exact) mass is 432 g/mol. The van der Waals surface area contributed by atoms with E-state index in [0.29, 0.717) is 13.0 Å². The Labute approximate surface area is 180 Å². The maximum atomic E-state index is 10.5. The van der Waals surface area contributed by atoms with E-state index in [1.54, 1.807) is 11.8 Å². The van der Waals surface area contributed by atoms with Gasteiger partial charge in [0.15, 0.2) is 0 Å². The van der Waals surface area contributed by atoms with Gasteiger partial charge in [0.1, 0.15) is 30.2 Å². The zero-order valence-electron chi connectivity index (χ0n) is 16.8. The Bertz CT molecular complexity index is 855. The van der Waals surface area contributed by atoms with Crippen LogP contribution in [0.1, 0.15) is 23.6 Å². The van der Waals surface area contributed by atoms with E-state index in [4.69, 9.17) is 9.47 Å². The third kappa shape index (κ3) is 4.23. The molecule has 0 amide bonds. The third-order valence-corrected chi connectivity index (χ3v) is 7.29. The molecule has 1 unspecified atom stereocenters. The fraction of sp³-hybridized carbons (Fsp3) is 0.478. The van der Waals surface area contributed by atoms with Gasteiger partial charge < -0.3 is 29.9 Å². The van der Waals surface area contributed by atoms with Crippen LogP contribution in [0.2, 0.25) is 0 Å². The molecule has 2 aliphatic rings. The molecule has 0 radical (unpaired) electrons. The van der Waals surface area contributed by atoms with Crippen LogP contribution >= 0.6 is 11.8 Å². The van der Waals surface area contributed by atoms with Crippen molar-refractivity contribution in [2.45, 2.75) is 60.4 Å². The number of thioether (sulfide) groups is 1. The van der Waals surface area contributed by atoms with Crippen LogP contribution in [0.15, 0.2) is 47.4 Å². The summed E-state index contributed by atoms with van der Waals surface area (Å²) in [6.45, 7) is 2.19. The number of benzene rings is 2. The molecule has 2 aromatic rings. The van der Waals surface area contributed by atoms with Gasteiger partial charge in [0.25, 0.3) is 0 Å². The molecule has 0 aromatic heterocycles. The maximum Gasteiger partial charge on any atom is 0.119 e. The zero-order valence-corrected chi connectivity index (χ0v) is 17.7. The minimum absolute atomic E-state index is 0.104. The summed E-state index contributed by atoms with van der Waals surface area (Å²) in [5, 5.41) is 40.0. The van der Waals surface area contributed by atoms with Gasteiger partial charge in [-0.1, -0.05) is 30.3 Å². The van der Waals surface area contributed by atoms with Gasteiger partial charge in [-0.2, -0.15) is 0 Å². The van der Waals surface area contributed by atoms with Crippen LogP contribution in [0.4, 0.5) is 0 Å². The molecule has 0 saturated carbocycles. The summed E-state index contributed by atoms with van der Waals surface area (Å²) in [6.07, 6.45) is -3.94. The number of aliphatic hydroxyl groups excluding tert-OH is 4. The molecule has 2 aromatic carbocycles. The Hall–Kier alpha value is -1.61. The minimum Gasteiger partial charge on any atom is -0.494 e. The second-order valence-electron chi connectivity index (χ2n) is 7.81. The van der Waals surface area contributed by atoms with Gasteiger partial charge in [0.05, 0.1) is 19.3 Å². The molecule has 1 fully saturated rings. The molecule has 0 bridgehead atoms. The lowest BCUT2D eigenvalue weighted by atomic mass is 9.91. The largest absolute Gasteiger partial charge is 0.494 e. The van der Waals surface area contributed by atoms with Crippen LogP contribution in [0.3, 0.4) is 0 Å². The molecule has 162 valence electrons. The topological polar surface area (TPSA) is 99.4 Å². The van der Waals surface area contributed by atoms with E-state index < -0.39 is 37.1 Å². The first-order valence-corrected chi connectivity index (χ1v) is 11.2. The van der Waals surface area contributed by atoms with Gasteiger partial charge in [0.2, 0.25) is 0 Å². The van der Waals surface area contributed by atoms with Gasteiger partial charge in [0, 0.05) is 10.1 Å². The Morgan fingerprint density at radius 2 is 1.80 bits per heavy atom. The Balaban J connectivity index is 1.50. The van der Waals surface area contributed by atoms with E-state index in [-0.39, 0.29) is 5.25 Å². The predicted octanol–water partition coefficient (Wildman–Crippen LogP) is 1.54. The molecule has 4 N–H and O–H groups in total. The Kier molecular flexibility index (Phi) is 6.67. The summed E-state index contributed by atoms with van der Waals surface area (Å²) >= 11 is 1.64. The first-order valence-electron chi connectivity index (χ1n) is 10.3. The van der Waals surface area contributed by atoms with Gasteiger partial charge in [-0.05, 0) is 48.6 Å². The molecule has 1 saturated heterocycles. The first-order chi connectivity index (χ1) is 14.5. The molecule has 7 heteroatoms. The van der Waals surface area contributed by atoms with E-state index in [1.807, 2.05) is 25.1 Å². The number of hydrogen-bond donors (Lipinski definition) is 4. The summed E-state index contributed by atoms with van der Waals surface area (Å²) in [5.74, 6) is 0.858. The van der Waals surface area contributed by atoms with Crippen LogP contribution in [-0.2, 0) is 17.6 Å². The molecular formula is C23H28O6S. The molecule has 30 heavy (non-hydrogen) atoms. The van der Waals surface area contributed by atoms with Crippen LogP contribution in [0.25, 0.3) is 0 Å². The zero-order chi connectivity index (χ0) is 21.3. The van der Waals surface area contributed by atoms with Crippen LogP contribution in [-0.4, -0.2) is 69.4 Å². The fourth-order valence-electron chi connectivity index (χ4n) is 4.21. The van der Waals surface area contributed by atoms with Crippen LogP contribution < -0.4 is 4.74 Å². The standard InChI is InChI=1S/C23H28O6S/c1-2-28-16-8-6-13(7-9-16)10-14-4-3-5-15-11-18(30-23(14)15)22-21(27)20(26)19(25)17(12-24)29-22/h3-9,17-22,24-27H,2,10-12H2,1H3/t17-,18?,19-,20+,21-,22+/m1/s1. The van der Waals surface area contributed by atoms with Crippen molar-refractivity contribution in [1.82, 2.24) is 0 Å². The lowest BCUT2D eigenvalue weighted by Gasteiger charge is -2.42. The van der Waals surface area contributed by atoms with Gasteiger partial charge in [-0.15, -0.1) is 11.8 Å².